The second kappa shape index (κ2) is 5.63. The predicted molar refractivity (Wildman–Crippen MR) is 62.9 cm³/mol. The van der Waals surface area contributed by atoms with Gasteiger partial charge in [0.25, 0.3) is 0 Å². The molecule has 5 nitrogen and oxygen atoms in total. The molecule has 2 unspecified atom stereocenters. The van der Waals surface area contributed by atoms with Gasteiger partial charge in [-0.05, 0) is 19.4 Å². The Kier molecular flexibility index (Phi) is 4.73. The molecule has 0 aromatic carbocycles. The Morgan fingerprint density at radius 1 is 1.50 bits per heavy atom. The van der Waals surface area contributed by atoms with Gasteiger partial charge < -0.3 is 10.6 Å². The van der Waals surface area contributed by atoms with Crippen LogP contribution in [0.25, 0.3) is 0 Å². The Bertz CT molecular complexity index is 340. The van der Waals surface area contributed by atoms with Gasteiger partial charge in [-0.15, -0.1) is 0 Å². The number of hydrogen-bond donors (Lipinski definition) is 2. The van der Waals surface area contributed by atoms with Crippen LogP contribution in [0.4, 0.5) is 0 Å². The minimum absolute atomic E-state index is 0.0151. The summed E-state index contributed by atoms with van der Waals surface area (Å²) in [6, 6.07) is 0. The molecule has 2 atom stereocenters. The molecule has 0 radical (unpaired) electrons. The van der Waals surface area contributed by atoms with E-state index in [0.29, 0.717) is 19.5 Å². The van der Waals surface area contributed by atoms with Crippen molar-refractivity contribution in [3.05, 3.63) is 0 Å². The lowest BCUT2D eigenvalue weighted by atomic mass is 10.1. The quantitative estimate of drug-likeness (QED) is 0.681. The normalized spacial score (nSPS) is 25.2. The SMILES string of the molecule is CNCC(C)C(=O)NCC1CCS(=O)(=O)C1. The van der Waals surface area contributed by atoms with Crippen LogP contribution in [0.5, 0.6) is 0 Å². The third-order valence-corrected chi connectivity index (χ3v) is 4.69. The summed E-state index contributed by atoms with van der Waals surface area (Å²) in [4.78, 5) is 11.6. The van der Waals surface area contributed by atoms with Crippen molar-refractivity contribution in [2.24, 2.45) is 11.8 Å². The van der Waals surface area contributed by atoms with E-state index in [1.54, 1.807) is 7.05 Å². The second-order valence-corrected chi connectivity index (χ2v) is 6.70. The molecule has 2 N–H and O–H groups in total. The van der Waals surface area contributed by atoms with Crippen LogP contribution in [0.15, 0.2) is 0 Å². The van der Waals surface area contributed by atoms with Crippen molar-refractivity contribution in [3.63, 3.8) is 0 Å². The molecule has 0 aliphatic carbocycles. The van der Waals surface area contributed by atoms with Gasteiger partial charge in [0.2, 0.25) is 5.91 Å². The maximum atomic E-state index is 11.6. The maximum absolute atomic E-state index is 11.6. The number of rotatable bonds is 5. The molecule has 1 aliphatic heterocycles. The fourth-order valence-corrected chi connectivity index (χ4v) is 3.71. The highest BCUT2D eigenvalue weighted by Gasteiger charge is 2.28. The van der Waals surface area contributed by atoms with E-state index >= 15 is 0 Å². The molecule has 1 rings (SSSR count). The van der Waals surface area contributed by atoms with Gasteiger partial charge in [-0.1, -0.05) is 6.92 Å². The van der Waals surface area contributed by atoms with Crippen molar-refractivity contribution < 1.29 is 13.2 Å². The highest BCUT2D eigenvalue weighted by molar-refractivity contribution is 7.91. The highest BCUT2D eigenvalue weighted by atomic mass is 32.2. The van der Waals surface area contributed by atoms with Gasteiger partial charge in [-0.3, -0.25) is 4.79 Å². The van der Waals surface area contributed by atoms with Gasteiger partial charge >= 0.3 is 0 Å². The summed E-state index contributed by atoms with van der Waals surface area (Å²) in [5.74, 6) is 0.477. The molecular formula is C10H20N2O3S. The number of carbonyl (C=O) groups excluding carboxylic acids is 1. The molecule has 1 aliphatic rings. The van der Waals surface area contributed by atoms with Gasteiger partial charge in [0.15, 0.2) is 9.84 Å². The van der Waals surface area contributed by atoms with Crippen LogP contribution in [0.1, 0.15) is 13.3 Å². The van der Waals surface area contributed by atoms with E-state index in [0.717, 1.165) is 0 Å². The molecule has 16 heavy (non-hydrogen) atoms. The average molecular weight is 248 g/mol. The van der Waals surface area contributed by atoms with Gasteiger partial charge in [0.1, 0.15) is 0 Å². The molecule has 6 heteroatoms. The van der Waals surface area contributed by atoms with E-state index in [1.807, 2.05) is 6.92 Å². The Morgan fingerprint density at radius 2 is 2.19 bits per heavy atom. The van der Waals surface area contributed by atoms with Gasteiger partial charge in [0, 0.05) is 19.0 Å². The van der Waals surface area contributed by atoms with Crippen molar-refractivity contribution in [2.45, 2.75) is 13.3 Å². The van der Waals surface area contributed by atoms with Gasteiger partial charge in [-0.2, -0.15) is 0 Å². The van der Waals surface area contributed by atoms with Crippen LogP contribution in [0.2, 0.25) is 0 Å². The van der Waals surface area contributed by atoms with Crippen molar-refractivity contribution in [3.8, 4) is 0 Å². The summed E-state index contributed by atoms with van der Waals surface area (Å²) in [5, 5.41) is 5.74. The molecule has 0 aromatic rings. The number of nitrogens with one attached hydrogen (secondary N) is 2. The molecule has 1 saturated heterocycles. The molecule has 1 fully saturated rings. The van der Waals surface area contributed by atoms with E-state index in [-0.39, 0.29) is 29.2 Å². The van der Waals surface area contributed by atoms with Crippen molar-refractivity contribution in [1.29, 1.82) is 0 Å². The van der Waals surface area contributed by atoms with Crippen molar-refractivity contribution >= 4 is 15.7 Å². The largest absolute Gasteiger partial charge is 0.356 e. The first-order chi connectivity index (χ1) is 7.44. The molecule has 1 heterocycles. The van der Waals surface area contributed by atoms with E-state index in [4.69, 9.17) is 0 Å². The maximum Gasteiger partial charge on any atom is 0.224 e. The minimum Gasteiger partial charge on any atom is -0.356 e. The summed E-state index contributed by atoms with van der Waals surface area (Å²) >= 11 is 0. The zero-order chi connectivity index (χ0) is 12.2. The predicted octanol–water partition coefficient (Wildman–Crippen LogP) is -0.607. The summed E-state index contributed by atoms with van der Waals surface area (Å²) in [6.45, 7) is 2.96. The molecule has 0 saturated carbocycles. The lowest BCUT2D eigenvalue weighted by Crippen LogP contribution is -2.37. The van der Waals surface area contributed by atoms with E-state index in [9.17, 15) is 13.2 Å². The lowest BCUT2D eigenvalue weighted by molar-refractivity contribution is -0.124. The first-order valence-corrected chi connectivity index (χ1v) is 7.39. The fraction of sp³-hybridized carbons (Fsp3) is 0.900. The smallest absolute Gasteiger partial charge is 0.224 e. The molecule has 0 aromatic heterocycles. The zero-order valence-electron chi connectivity index (χ0n) is 9.82. The summed E-state index contributed by atoms with van der Waals surface area (Å²) in [5.41, 5.74) is 0. The van der Waals surface area contributed by atoms with Crippen LogP contribution in [-0.4, -0.2) is 46.0 Å². The van der Waals surface area contributed by atoms with E-state index in [2.05, 4.69) is 10.6 Å². The number of hydrogen-bond acceptors (Lipinski definition) is 4. The number of carbonyl (C=O) groups is 1. The molecular weight excluding hydrogens is 228 g/mol. The fourth-order valence-electron chi connectivity index (χ4n) is 1.85. The minimum atomic E-state index is -2.84. The Balaban J connectivity index is 2.28. The van der Waals surface area contributed by atoms with Gasteiger partial charge in [0.05, 0.1) is 11.5 Å². The number of sulfone groups is 1. The molecule has 0 spiro atoms. The first-order valence-electron chi connectivity index (χ1n) is 5.57. The molecule has 94 valence electrons. The lowest BCUT2D eigenvalue weighted by Gasteiger charge is -2.13. The third kappa shape index (κ3) is 4.09. The third-order valence-electron chi connectivity index (χ3n) is 2.85. The average Bonchev–Trinajstić information content (AvgIpc) is 2.55. The van der Waals surface area contributed by atoms with Crippen LogP contribution >= 0.6 is 0 Å². The Morgan fingerprint density at radius 3 is 2.69 bits per heavy atom. The van der Waals surface area contributed by atoms with Crippen LogP contribution in [0.3, 0.4) is 0 Å². The summed E-state index contributed by atoms with van der Waals surface area (Å²) in [7, 11) is -1.04. The van der Waals surface area contributed by atoms with Crippen LogP contribution < -0.4 is 10.6 Å². The molecule has 0 bridgehead atoms. The Labute approximate surface area is 96.9 Å². The van der Waals surface area contributed by atoms with E-state index in [1.165, 1.54) is 0 Å². The standard InChI is InChI=1S/C10H20N2O3S/c1-8(5-11-2)10(13)12-6-9-3-4-16(14,15)7-9/h8-9,11H,3-7H2,1-2H3,(H,12,13). The highest BCUT2D eigenvalue weighted by Crippen LogP contribution is 2.17. The summed E-state index contributed by atoms with van der Waals surface area (Å²) in [6.07, 6.45) is 0.670. The topological polar surface area (TPSA) is 75.3 Å². The Hall–Kier alpha value is -0.620. The molecule has 1 amide bonds. The monoisotopic (exact) mass is 248 g/mol. The van der Waals surface area contributed by atoms with Crippen LogP contribution in [0, 0.1) is 11.8 Å². The first kappa shape index (κ1) is 13.4. The van der Waals surface area contributed by atoms with E-state index < -0.39 is 9.84 Å². The second-order valence-electron chi connectivity index (χ2n) is 4.47. The van der Waals surface area contributed by atoms with Crippen molar-refractivity contribution in [1.82, 2.24) is 10.6 Å². The number of amides is 1. The van der Waals surface area contributed by atoms with Gasteiger partial charge in [-0.25, -0.2) is 8.42 Å². The zero-order valence-corrected chi connectivity index (χ0v) is 10.6. The van der Waals surface area contributed by atoms with Crippen LogP contribution in [-0.2, 0) is 14.6 Å². The van der Waals surface area contributed by atoms with Crippen molar-refractivity contribution in [2.75, 3.05) is 31.6 Å². The summed E-state index contributed by atoms with van der Waals surface area (Å²) < 4.78 is 22.4.